The molecule has 1 aromatic rings. The van der Waals surface area contributed by atoms with Gasteiger partial charge in [0.25, 0.3) is 5.88 Å². The Morgan fingerprint density at radius 2 is 2.50 bits per heavy atom. The van der Waals surface area contributed by atoms with Crippen molar-refractivity contribution in [1.82, 2.24) is 9.94 Å². The maximum atomic E-state index is 10.5. The molecular formula is C7H10N2O3. The molecule has 1 N–H and O–H groups in total. The molecule has 66 valence electrons. The van der Waals surface area contributed by atoms with Crippen LogP contribution in [0.15, 0.2) is 6.20 Å². The van der Waals surface area contributed by atoms with E-state index in [0.717, 1.165) is 4.85 Å². The third-order valence-electron chi connectivity index (χ3n) is 1.38. The van der Waals surface area contributed by atoms with Gasteiger partial charge in [-0.15, -0.1) is 5.10 Å². The van der Waals surface area contributed by atoms with Gasteiger partial charge in [0.1, 0.15) is 0 Å². The Hall–Kier alpha value is -1.52. The van der Waals surface area contributed by atoms with Crippen LogP contribution in [-0.4, -0.2) is 21.0 Å². The van der Waals surface area contributed by atoms with E-state index in [1.165, 1.54) is 13.1 Å². The van der Waals surface area contributed by atoms with Crippen molar-refractivity contribution in [3.63, 3.8) is 0 Å². The second-order valence-corrected chi connectivity index (χ2v) is 2.30. The zero-order valence-corrected chi connectivity index (χ0v) is 6.94. The van der Waals surface area contributed by atoms with E-state index in [0.29, 0.717) is 12.0 Å². The first kappa shape index (κ1) is 8.58. The van der Waals surface area contributed by atoms with Gasteiger partial charge in [0.05, 0.1) is 6.20 Å². The van der Waals surface area contributed by atoms with Crippen molar-refractivity contribution in [3.8, 4) is 5.88 Å². The van der Waals surface area contributed by atoms with Crippen LogP contribution in [-0.2, 0) is 11.2 Å². The van der Waals surface area contributed by atoms with Gasteiger partial charge in [0, 0.05) is 12.5 Å². The highest BCUT2D eigenvalue weighted by Crippen LogP contribution is 2.14. The van der Waals surface area contributed by atoms with Crippen LogP contribution in [0.2, 0.25) is 0 Å². The van der Waals surface area contributed by atoms with Crippen molar-refractivity contribution in [2.45, 2.75) is 20.3 Å². The first-order valence-electron chi connectivity index (χ1n) is 3.60. The molecule has 0 aliphatic carbocycles. The smallest absolute Gasteiger partial charge is 0.332 e. The molecule has 1 aromatic heterocycles. The summed E-state index contributed by atoms with van der Waals surface area (Å²) >= 11 is 0. The van der Waals surface area contributed by atoms with Crippen LogP contribution in [0.1, 0.15) is 19.4 Å². The van der Waals surface area contributed by atoms with Crippen molar-refractivity contribution in [3.05, 3.63) is 11.8 Å². The number of hydrogen-bond acceptors (Lipinski definition) is 4. The van der Waals surface area contributed by atoms with Crippen molar-refractivity contribution in [2.75, 3.05) is 0 Å². The molecule has 0 aliphatic rings. The normalized spacial score (nSPS) is 9.83. The second-order valence-electron chi connectivity index (χ2n) is 2.30. The Morgan fingerprint density at radius 3 is 2.92 bits per heavy atom. The van der Waals surface area contributed by atoms with E-state index >= 15 is 0 Å². The third kappa shape index (κ3) is 1.55. The highest BCUT2D eigenvalue weighted by atomic mass is 16.7. The van der Waals surface area contributed by atoms with Gasteiger partial charge < -0.3 is 9.94 Å². The van der Waals surface area contributed by atoms with Gasteiger partial charge in [-0.1, -0.05) is 11.8 Å². The lowest BCUT2D eigenvalue weighted by Crippen LogP contribution is -2.17. The Morgan fingerprint density at radius 1 is 1.83 bits per heavy atom. The van der Waals surface area contributed by atoms with Crippen LogP contribution in [0.4, 0.5) is 0 Å². The number of nitrogens with zero attached hydrogens (tertiary/aromatic N) is 2. The Labute approximate surface area is 69.5 Å². The first-order valence-corrected chi connectivity index (χ1v) is 3.60. The maximum absolute atomic E-state index is 10.5. The average Bonchev–Trinajstić information content (AvgIpc) is 2.32. The summed E-state index contributed by atoms with van der Waals surface area (Å²) in [6.45, 7) is 3.11. The number of aryl methyl sites for hydroxylation is 1. The van der Waals surface area contributed by atoms with Crippen LogP contribution >= 0.6 is 0 Å². The molecule has 0 aliphatic heterocycles. The largest absolute Gasteiger partial charge is 0.491 e. The second kappa shape index (κ2) is 3.25. The SMILES string of the molecule is CCc1cnn(OC(C)=O)c1O. The minimum atomic E-state index is -0.518. The summed E-state index contributed by atoms with van der Waals surface area (Å²) in [5.41, 5.74) is 0.649. The highest BCUT2D eigenvalue weighted by Gasteiger charge is 2.09. The topological polar surface area (TPSA) is 64.4 Å². The Balaban J connectivity index is 2.87. The fourth-order valence-electron chi connectivity index (χ4n) is 0.795. The maximum Gasteiger partial charge on any atom is 0.332 e. The van der Waals surface area contributed by atoms with E-state index < -0.39 is 5.97 Å². The summed E-state index contributed by atoms with van der Waals surface area (Å²) in [6, 6.07) is 0. The van der Waals surface area contributed by atoms with Crippen LogP contribution in [0, 0.1) is 0 Å². The summed E-state index contributed by atoms with van der Waals surface area (Å²) in [5, 5.41) is 13.0. The van der Waals surface area contributed by atoms with Gasteiger partial charge in [-0.2, -0.15) is 0 Å². The molecule has 5 nitrogen and oxygen atoms in total. The molecule has 0 bridgehead atoms. The van der Waals surface area contributed by atoms with E-state index in [1.807, 2.05) is 6.92 Å². The summed E-state index contributed by atoms with van der Waals surface area (Å²) in [4.78, 5) is 15.8. The number of rotatable bonds is 2. The first-order chi connectivity index (χ1) is 5.65. The lowest BCUT2D eigenvalue weighted by Gasteiger charge is -1.99. The molecule has 5 heteroatoms. The fraction of sp³-hybridized carbons (Fsp3) is 0.429. The molecule has 1 rings (SSSR count). The number of carbonyl (C=O) groups is 1. The van der Waals surface area contributed by atoms with Gasteiger partial charge in [0.2, 0.25) is 0 Å². The molecule has 0 aromatic carbocycles. The van der Waals surface area contributed by atoms with Crippen molar-refractivity contribution in [1.29, 1.82) is 0 Å². The zero-order valence-electron chi connectivity index (χ0n) is 6.94. The van der Waals surface area contributed by atoms with Crippen LogP contribution < -0.4 is 4.84 Å². The third-order valence-corrected chi connectivity index (χ3v) is 1.38. The average molecular weight is 170 g/mol. The summed E-state index contributed by atoms with van der Waals surface area (Å²) in [5.74, 6) is -0.635. The predicted molar refractivity (Wildman–Crippen MR) is 40.5 cm³/mol. The molecule has 0 amide bonds. The van der Waals surface area contributed by atoms with E-state index in [-0.39, 0.29) is 5.88 Å². The van der Waals surface area contributed by atoms with Gasteiger partial charge in [-0.25, -0.2) is 4.79 Å². The standard InChI is InChI=1S/C7H10N2O3/c1-3-6-4-8-9(7(6)11)12-5(2)10/h4,11H,3H2,1-2H3. The van der Waals surface area contributed by atoms with E-state index in [2.05, 4.69) is 9.94 Å². The minimum Gasteiger partial charge on any atom is -0.491 e. The lowest BCUT2D eigenvalue weighted by atomic mass is 10.3. The quantitative estimate of drug-likeness (QED) is 0.685. The van der Waals surface area contributed by atoms with Crippen LogP contribution in [0.5, 0.6) is 5.88 Å². The summed E-state index contributed by atoms with van der Waals surface area (Å²) in [6.07, 6.45) is 2.10. The molecule has 0 saturated carbocycles. The monoisotopic (exact) mass is 170 g/mol. The number of aromatic hydroxyl groups is 1. The number of aromatic nitrogens is 2. The lowest BCUT2D eigenvalue weighted by molar-refractivity contribution is -0.143. The van der Waals surface area contributed by atoms with Gasteiger partial charge in [0.15, 0.2) is 0 Å². The minimum absolute atomic E-state index is 0.118. The van der Waals surface area contributed by atoms with Crippen LogP contribution in [0.25, 0.3) is 0 Å². The number of carbonyl (C=O) groups excluding carboxylic acids is 1. The molecule has 0 spiro atoms. The van der Waals surface area contributed by atoms with Gasteiger partial charge in [-0.05, 0) is 6.42 Å². The Bertz CT molecular complexity index is 293. The molecule has 0 atom stereocenters. The highest BCUT2D eigenvalue weighted by molar-refractivity contribution is 5.66. The Kier molecular flexibility index (Phi) is 2.32. The van der Waals surface area contributed by atoms with E-state index in [1.54, 1.807) is 0 Å². The molecular weight excluding hydrogens is 160 g/mol. The predicted octanol–water partition coefficient (Wildman–Crippen LogP) is 0.126. The molecule has 12 heavy (non-hydrogen) atoms. The van der Waals surface area contributed by atoms with Gasteiger partial charge in [-0.3, -0.25) is 0 Å². The molecule has 1 heterocycles. The van der Waals surface area contributed by atoms with Crippen molar-refractivity contribution in [2.24, 2.45) is 0 Å². The van der Waals surface area contributed by atoms with Crippen molar-refractivity contribution >= 4 is 5.97 Å². The summed E-state index contributed by atoms with van der Waals surface area (Å²) in [7, 11) is 0. The van der Waals surface area contributed by atoms with Crippen LogP contribution in [0.3, 0.4) is 0 Å². The number of hydrogen-bond donors (Lipinski definition) is 1. The summed E-state index contributed by atoms with van der Waals surface area (Å²) < 4.78 is 0. The van der Waals surface area contributed by atoms with E-state index in [4.69, 9.17) is 0 Å². The molecule has 0 unspecified atom stereocenters. The van der Waals surface area contributed by atoms with E-state index in [9.17, 15) is 9.90 Å². The van der Waals surface area contributed by atoms with Gasteiger partial charge >= 0.3 is 5.97 Å². The molecule has 0 radical (unpaired) electrons. The zero-order chi connectivity index (χ0) is 9.14. The molecule has 0 saturated heterocycles. The fourth-order valence-corrected chi connectivity index (χ4v) is 0.795. The molecule has 0 fully saturated rings. The van der Waals surface area contributed by atoms with Crippen molar-refractivity contribution < 1.29 is 14.7 Å².